The maximum absolute atomic E-state index is 13.6. The summed E-state index contributed by atoms with van der Waals surface area (Å²) in [6.45, 7) is 0.980. The predicted molar refractivity (Wildman–Crippen MR) is 117 cm³/mol. The highest BCUT2D eigenvalue weighted by molar-refractivity contribution is 6.31. The Balaban J connectivity index is 1.75. The molecule has 9 heteroatoms. The molecule has 0 aliphatic carbocycles. The van der Waals surface area contributed by atoms with E-state index >= 15 is 0 Å². The van der Waals surface area contributed by atoms with Gasteiger partial charge in [0.15, 0.2) is 23.6 Å². The molecule has 1 saturated heterocycles. The van der Waals surface area contributed by atoms with Crippen LogP contribution in [0.2, 0.25) is 5.02 Å². The van der Waals surface area contributed by atoms with E-state index in [9.17, 15) is 9.90 Å². The average molecular weight is 459 g/mol. The number of para-hydroxylation sites is 1. The van der Waals surface area contributed by atoms with E-state index in [0.717, 1.165) is 0 Å². The Morgan fingerprint density at radius 2 is 2.00 bits per heavy atom. The number of hydrogen-bond donors (Lipinski definition) is 1. The Kier molecular flexibility index (Phi) is 6.76. The molecule has 4 rings (SSSR count). The van der Waals surface area contributed by atoms with Gasteiger partial charge in [-0.15, -0.1) is 0 Å². The first-order chi connectivity index (χ1) is 15.5. The van der Waals surface area contributed by atoms with Gasteiger partial charge < -0.3 is 28.6 Å². The molecule has 0 radical (unpaired) electrons. The lowest BCUT2D eigenvalue weighted by Crippen LogP contribution is -2.17. The van der Waals surface area contributed by atoms with Crippen LogP contribution < -0.4 is 9.47 Å². The van der Waals surface area contributed by atoms with Crippen molar-refractivity contribution in [3.8, 4) is 17.2 Å². The fraction of sp³-hybridized carbons (Fsp3) is 0.304. The van der Waals surface area contributed by atoms with Gasteiger partial charge in [0.2, 0.25) is 0 Å². The van der Waals surface area contributed by atoms with E-state index < -0.39 is 12.4 Å². The van der Waals surface area contributed by atoms with E-state index in [2.05, 4.69) is 4.98 Å². The Bertz CT molecular complexity index is 1110. The van der Waals surface area contributed by atoms with Crippen molar-refractivity contribution in [3.05, 3.63) is 70.8 Å². The summed E-state index contributed by atoms with van der Waals surface area (Å²) in [5.41, 5.74) is 1.17. The topological polar surface area (TPSA) is 92.0 Å². The molecule has 0 bridgehead atoms. The first-order valence-electron chi connectivity index (χ1n) is 10.0. The molecule has 32 heavy (non-hydrogen) atoms. The van der Waals surface area contributed by atoms with Crippen LogP contribution >= 0.6 is 11.6 Å². The molecule has 0 saturated carbocycles. The number of carbonyl (C=O) groups excluding carboxylic acids is 1. The fourth-order valence-corrected chi connectivity index (χ4v) is 3.88. The second kappa shape index (κ2) is 9.70. The van der Waals surface area contributed by atoms with Gasteiger partial charge in [-0.1, -0.05) is 17.7 Å². The van der Waals surface area contributed by atoms with Crippen LogP contribution in [-0.2, 0) is 9.47 Å². The minimum absolute atomic E-state index is 0.220. The molecule has 1 aliphatic heterocycles. The van der Waals surface area contributed by atoms with E-state index in [4.69, 9.17) is 30.5 Å². The number of nitrogens with zero attached hydrogens (tertiary/aromatic N) is 2. The molecule has 0 spiro atoms. The molecule has 2 aromatic carbocycles. The van der Waals surface area contributed by atoms with E-state index in [0.29, 0.717) is 52.4 Å². The Labute approximate surface area is 190 Å². The number of aromatic nitrogens is 2. The van der Waals surface area contributed by atoms with Gasteiger partial charge in [-0.25, -0.2) is 4.98 Å². The maximum atomic E-state index is 13.6. The molecule has 2 heterocycles. The fourth-order valence-electron chi connectivity index (χ4n) is 3.71. The monoisotopic (exact) mass is 458 g/mol. The summed E-state index contributed by atoms with van der Waals surface area (Å²) in [7, 11) is 2.98. The lowest BCUT2D eigenvalue weighted by molar-refractivity contribution is -0.0722. The Hall–Kier alpha value is -2.91. The molecule has 168 valence electrons. The highest BCUT2D eigenvalue weighted by Gasteiger charge is 2.26. The molecular formula is C23H23ClN2O6. The van der Waals surface area contributed by atoms with Crippen molar-refractivity contribution in [2.75, 3.05) is 27.4 Å². The molecule has 3 aromatic rings. The predicted octanol–water partition coefficient (Wildman–Crippen LogP) is 3.57. The van der Waals surface area contributed by atoms with Gasteiger partial charge in [0.1, 0.15) is 11.9 Å². The van der Waals surface area contributed by atoms with Gasteiger partial charge in [0.25, 0.3) is 0 Å². The minimum Gasteiger partial charge on any atom is -0.493 e. The molecule has 1 atom stereocenters. The summed E-state index contributed by atoms with van der Waals surface area (Å²) in [6, 6.07) is 10.1. The van der Waals surface area contributed by atoms with Crippen LogP contribution in [0.25, 0.3) is 5.69 Å². The number of imidazole rings is 1. The van der Waals surface area contributed by atoms with E-state index in [1.807, 2.05) is 0 Å². The van der Waals surface area contributed by atoms with Crippen LogP contribution in [0, 0.1) is 0 Å². The first-order valence-corrected chi connectivity index (χ1v) is 10.4. The maximum Gasteiger partial charge on any atom is 0.199 e. The number of methoxy groups -OCH3 is 2. The summed E-state index contributed by atoms with van der Waals surface area (Å²) in [4.78, 5) is 17.9. The van der Waals surface area contributed by atoms with Crippen LogP contribution in [0.5, 0.6) is 11.5 Å². The molecule has 1 aliphatic rings. The van der Waals surface area contributed by atoms with Crippen molar-refractivity contribution in [1.29, 1.82) is 0 Å². The number of hydrogen-bond acceptors (Lipinski definition) is 7. The third-order valence-corrected chi connectivity index (χ3v) is 5.42. The normalized spacial score (nSPS) is 15.0. The number of halogens is 1. The first kappa shape index (κ1) is 22.3. The summed E-state index contributed by atoms with van der Waals surface area (Å²) in [6.07, 6.45) is 2.00. The number of benzene rings is 2. The number of ether oxygens (including phenoxy) is 4. The lowest BCUT2D eigenvalue weighted by atomic mass is 10.00. The number of aliphatic hydroxyl groups is 1. The Morgan fingerprint density at radius 1 is 1.22 bits per heavy atom. The highest BCUT2D eigenvalue weighted by Crippen LogP contribution is 2.34. The van der Waals surface area contributed by atoms with Gasteiger partial charge in [0.05, 0.1) is 38.7 Å². The van der Waals surface area contributed by atoms with Crippen molar-refractivity contribution in [2.24, 2.45) is 0 Å². The SMILES string of the molecule is COc1cccc(C(=O)c2cc(Cl)ccc2-n2ccnc2C(O)CC2OCCO2)c1OC. The van der Waals surface area contributed by atoms with Crippen molar-refractivity contribution in [3.63, 3.8) is 0 Å². The molecule has 8 nitrogen and oxygen atoms in total. The number of aliphatic hydroxyl groups excluding tert-OH is 1. The zero-order chi connectivity index (χ0) is 22.7. The standard InChI is InChI=1S/C23H23ClN2O6/c1-29-19-5-3-4-15(22(19)30-2)21(28)16-12-14(24)6-7-17(16)26-9-8-25-23(26)18(27)13-20-31-10-11-32-20/h3-9,12,18,20,27H,10-11,13H2,1-2H3. The molecule has 1 N–H and O–H groups in total. The molecule has 0 amide bonds. The summed E-state index contributed by atoms with van der Waals surface area (Å²) < 4.78 is 23.3. The molecule has 1 aromatic heterocycles. The molecular weight excluding hydrogens is 436 g/mol. The largest absolute Gasteiger partial charge is 0.493 e. The van der Waals surface area contributed by atoms with Gasteiger partial charge >= 0.3 is 0 Å². The van der Waals surface area contributed by atoms with Crippen molar-refractivity contribution < 1.29 is 28.8 Å². The van der Waals surface area contributed by atoms with Crippen LogP contribution in [0.4, 0.5) is 0 Å². The zero-order valence-corrected chi connectivity index (χ0v) is 18.4. The van der Waals surface area contributed by atoms with Crippen LogP contribution in [0.1, 0.15) is 34.3 Å². The lowest BCUT2D eigenvalue weighted by Gasteiger charge is -2.18. The van der Waals surface area contributed by atoms with Crippen molar-refractivity contribution in [1.82, 2.24) is 9.55 Å². The van der Waals surface area contributed by atoms with Gasteiger partial charge in [-0.3, -0.25) is 4.79 Å². The van der Waals surface area contributed by atoms with E-state index in [-0.39, 0.29) is 12.2 Å². The minimum atomic E-state index is -0.960. The average Bonchev–Trinajstić information content (AvgIpc) is 3.50. The molecule has 1 fully saturated rings. The van der Waals surface area contributed by atoms with Gasteiger partial charge in [0, 0.05) is 29.4 Å². The summed E-state index contributed by atoms with van der Waals surface area (Å²) >= 11 is 6.24. The van der Waals surface area contributed by atoms with Crippen LogP contribution in [0.3, 0.4) is 0 Å². The zero-order valence-electron chi connectivity index (χ0n) is 17.7. The number of ketones is 1. The second-order valence-electron chi connectivity index (χ2n) is 7.11. The van der Waals surface area contributed by atoms with Crippen molar-refractivity contribution >= 4 is 17.4 Å². The highest BCUT2D eigenvalue weighted by atomic mass is 35.5. The number of rotatable bonds is 8. The van der Waals surface area contributed by atoms with E-state index in [1.165, 1.54) is 14.2 Å². The van der Waals surface area contributed by atoms with Gasteiger partial charge in [-0.2, -0.15) is 0 Å². The molecule has 1 unspecified atom stereocenters. The third-order valence-electron chi connectivity index (χ3n) is 5.18. The van der Waals surface area contributed by atoms with Crippen LogP contribution in [0.15, 0.2) is 48.8 Å². The quantitative estimate of drug-likeness (QED) is 0.516. The summed E-state index contributed by atoms with van der Waals surface area (Å²) in [5, 5.41) is 11.2. The Morgan fingerprint density at radius 3 is 2.72 bits per heavy atom. The summed E-state index contributed by atoms with van der Waals surface area (Å²) in [5.74, 6) is 0.817. The van der Waals surface area contributed by atoms with Crippen molar-refractivity contribution in [2.45, 2.75) is 18.8 Å². The third kappa shape index (κ3) is 4.35. The van der Waals surface area contributed by atoms with E-state index in [1.54, 1.807) is 53.4 Å². The second-order valence-corrected chi connectivity index (χ2v) is 7.55. The number of carbonyl (C=O) groups is 1. The van der Waals surface area contributed by atoms with Gasteiger partial charge in [-0.05, 0) is 30.3 Å². The van der Waals surface area contributed by atoms with Crippen LogP contribution in [-0.4, -0.2) is 54.2 Å². The smallest absolute Gasteiger partial charge is 0.199 e.